The Bertz CT molecular complexity index is 1400. The first kappa shape index (κ1) is 24.0. The molecule has 0 saturated heterocycles. The van der Waals surface area contributed by atoms with Crippen molar-refractivity contribution in [2.24, 2.45) is 5.92 Å². The third kappa shape index (κ3) is 4.59. The normalized spacial score (nSPS) is 13.9. The summed E-state index contributed by atoms with van der Waals surface area (Å²) in [5.74, 6) is 1.70. The second-order valence-electron chi connectivity index (χ2n) is 9.27. The summed E-state index contributed by atoms with van der Waals surface area (Å²) >= 11 is 0. The molecular formula is C26H27F3N6O. The summed E-state index contributed by atoms with van der Waals surface area (Å²) in [5.41, 5.74) is 3.84. The summed E-state index contributed by atoms with van der Waals surface area (Å²) in [5, 5.41) is 9.05. The van der Waals surface area contributed by atoms with Crippen LogP contribution in [0.1, 0.15) is 46.7 Å². The fraction of sp³-hybridized carbons (Fsp3) is 0.385. The maximum atomic E-state index is 13.5. The molecule has 1 aromatic carbocycles. The molecule has 188 valence electrons. The van der Waals surface area contributed by atoms with Gasteiger partial charge >= 0.3 is 6.18 Å². The van der Waals surface area contributed by atoms with Gasteiger partial charge in [-0.1, -0.05) is 0 Å². The topological polar surface area (TPSA) is 70.7 Å². The van der Waals surface area contributed by atoms with Gasteiger partial charge in [0.1, 0.15) is 12.1 Å². The number of nitrogens with zero attached hydrogens (tertiary/aromatic N) is 6. The molecule has 0 unspecified atom stereocenters. The van der Waals surface area contributed by atoms with Crippen LogP contribution in [0.25, 0.3) is 17.1 Å². The number of hydrogen-bond acceptors (Lipinski definition) is 5. The van der Waals surface area contributed by atoms with Crippen LogP contribution in [0.4, 0.5) is 13.2 Å². The molecule has 3 heterocycles. The number of benzene rings is 1. The number of methoxy groups -OCH3 is 1. The quantitative estimate of drug-likeness (QED) is 0.339. The minimum absolute atomic E-state index is 0.00129. The van der Waals surface area contributed by atoms with Crippen LogP contribution in [0.3, 0.4) is 0 Å². The van der Waals surface area contributed by atoms with E-state index in [2.05, 4.69) is 19.7 Å². The molecule has 1 saturated carbocycles. The lowest BCUT2D eigenvalue weighted by Crippen LogP contribution is -2.10. The molecule has 3 aromatic heterocycles. The Balaban J connectivity index is 1.50. The number of rotatable bonds is 7. The van der Waals surface area contributed by atoms with Crippen LogP contribution in [-0.2, 0) is 19.1 Å². The molecule has 1 aliphatic carbocycles. The average molecular weight is 497 g/mol. The van der Waals surface area contributed by atoms with Gasteiger partial charge in [-0.15, -0.1) is 0 Å². The maximum Gasteiger partial charge on any atom is 0.419 e. The molecule has 36 heavy (non-hydrogen) atoms. The van der Waals surface area contributed by atoms with E-state index in [9.17, 15) is 13.2 Å². The smallest absolute Gasteiger partial charge is 0.419 e. The summed E-state index contributed by atoms with van der Waals surface area (Å²) < 4.78 is 49.0. The number of aromatic nitrogens is 6. The molecule has 1 aliphatic rings. The second-order valence-corrected chi connectivity index (χ2v) is 9.27. The molecule has 0 radical (unpaired) electrons. The largest absolute Gasteiger partial charge is 0.497 e. The number of hydrogen-bond donors (Lipinski definition) is 0. The highest BCUT2D eigenvalue weighted by Gasteiger charge is 2.37. The van der Waals surface area contributed by atoms with Gasteiger partial charge < -0.3 is 4.74 Å². The monoisotopic (exact) mass is 496 g/mol. The summed E-state index contributed by atoms with van der Waals surface area (Å²) in [7, 11) is 1.63. The lowest BCUT2D eigenvalue weighted by atomic mass is 10.0. The summed E-state index contributed by atoms with van der Waals surface area (Å²) in [4.78, 5) is 8.63. The summed E-state index contributed by atoms with van der Waals surface area (Å²) in [6.07, 6.45) is -0.258. The Kier molecular flexibility index (Phi) is 6.05. The molecule has 0 N–H and O–H groups in total. The number of halogens is 3. The predicted octanol–water partition coefficient (Wildman–Crippen LogP) is 5.48. The molecule has 1 fully saturated rings. The Morgan fingerprint density at radius 1 is 1.03 bits per heavy atom. The molecule has 10 heteroatoms. The zero-order valence-corrected chi connectivity index (χ0v) is 20.6. The number of ether oxygens (including phenoxy) is 1. The molecule has 0 spiro atoms. The maximum absolute atomic E-state index is 13.5. The van der Waals surface area contributed by atoms with Crippen molar-refractivity contribution >= 4 is 0 Å². The average Bonchev–Trinajstić information content (AvgIpc) is 3.54. The highest BCUT2D eigenvalue weighted by molar-refractivity contribution is 5.65. The third-order valence-corrected chi connectivity index (χ3v) is 6.66. The molecule has 0 atom stereocenters. The number of alkyl halides is 3. The molecule has 0 aliphatic heterocycles. The highest BCUT2D eigenvalue weighted by Crippen LogP contribution is 2.36. The standard InChI is InChI=1S/C26H27F3N6O/c1-15-22(34(13-18-5-6-18)33-25(15)19-7-9-21(36-4)10-8-19)11-20-12-23(31-14-30-20)35-17(3)24(16(2)32-35)26(27,28)29/h7-10,12,14,18H,5-6,11,13H2,1-4H3. The van der Waals surface area contributed by atoms with Crippen molar-refractivity contribution in [3.63, 3.8) is 0 Å². The Morgan fingerprint density at radius 3 is 2.36 bits per heavy atom. The highest BCUT2D eigenvalue weighted by atomic mass is 19.4. The minimum atomic E-state index is -4.48. The van der Waals surface area contributed by atoms with Gasteiger partial charge in [-0.05, 0) is 69.4 Å². The molecule has 0 amide bonds. The van der Waals surface area contributed by atoms with Crippen LogP contribution in [0.5, 0.6) is 5.75 Å². The van der Waals surface area contributed by atoms with Gasteiger partial charge in [-0.3, -0.25) is 4.68 Å². The second kappa shape index (κ2) is 9.07. The zero-order valence-electron chi connectivity index (χ0n) is 20.6. The van der Waals surface area contributed by atoms with Gasteiger partial charge in [0.25, 0.3) is 0 Å². The zero-order chi connectivity index (χ0) is 25.6. The Hall–Kier alpha value is -3.69. The van der Waals surface area contributed by atoms with E-state index in [1.165, 1.54) is 37.7 Å². The van der Waals surface area contributed by atoms with E-state index in [0.717, 1.165) is 34.8 Å². The SMILES string of the molecule is COc1ccc(-c2nn(CC3CC3)c(Cc3cc(-n4nc(C)c(C(F)(F)F)c4C)ncn3)c2C)cc1. The van der Waals surface area contributed by atoms with E-state index in [1.807, 2.05) is 31.2 Å². The van der Waals surface area contributed by atoms with Crippen molar-refractivity contribution in [2.75, 3.05) is 7.11 Å². The van der Waals surface area contributed by atoms with Crippen LogP contribution < -0.4 is 4.74 Å². The molecule has 4 aromatic rings. The van der Waals surface area contributed by atoms with Crippen molar-refractivity contribution in [3.05, 3.63) is 70.6 Å². The van der Waals surface area contributed by atoms with Gasteiger partial charge in [-0.25, -0.2) is 14.6 Å². The van der Waals surface area contributed by atoms with Crippen molar-refractivity contribution < 1.29 is 17.9 Å². The van der Waals surface area contributed by atoms with Crippen LogP contribution in [-0.4, -0.2) is 36.6 Å². The first-order chi connectivity index (χ1) is 17.2. The lowest BCUT2D eigenvalue weighted by molar-refractivity contribution is -0.138. The fourth-order valence-corrected chi connectivity index (χ4v) is 4.58. The van der Waals surface area contributed by atoms with Gasteiger partial charge in [0.2, 0.25) is 0 Å². The van der Waals surface area contributed by atoms with Gasteiger partial charge in [0.05, 0.1) is 35.4 Å². The van der Waals surface area contributed by atoms with Gasteiger partial charge in [0.15, 0.2) is 5.82 Å². The number of aryl methyl sites for hydroxylation is 1. The van der Waals surface area contributed by atoms with Crippen molar-refractivity contribution in [2.45, 2.75) is 52.8 Å². The molecule has 5 rings (SSSR count). The first-order valence-electron chi connectivity index (χ1n) is 11.8. The van der Waals surface area contributed by atoms with E-state index >= 15 is 0 Å². The van der Waals surface area contributed by atoms with E-state index < -0.39 is 11.7 Å². The predicted molar refractivity (Wildman–Crippen MR) is 128 cm³/mol. The minimum Gasteiger partial charge on any atom is -0.497 e. The Morgan fingerprint density at radius 2 is 1.75 bits per heavy atom. The molecular weight excluding hydrogens is 469 g/mol. The van der Waals surface area contributed by atoms with E-state index in [-0.39, 0.29) is 11.4 Å². The first-order valence-corrected chi connectivity index (χ1v) is 11.8. The van der Waals surface area contributed by atoms with E-state index in [4.69, 9.17) is 9.84 Å². The molecule has 0 bridgehead atoms. The van der Waals surface area contributed by atoms with Crippen LogP contribution in [0.15, 0.2) is 36.7 Å². The Labute approximate surface area is 207 Å². The van der Waals surface area contributed by atoms with Gasteiger partial charge in [-0.2, -0.15) is 23.4 Å². The van der Waals surface area contributed by atoms with E-state index in [0.29, 0.717) is 23.9 Å². The van der Waals surface area contributed by atoms with Gasteiger partial charge in [0, 0.05) is 30.3 Å². The van der Waals surface area contributed by atoms with Crippen LogP contribution >= 0.6 is 0 Å². The summed E-state index contributed by atoms with van der Waals surface area (Å²) in [6, 6.07) is 9.50. The van der Waals surface area contributed by atoms with E-state index in [1.54, 1.807) is 13.2 Å². The van der Waals surface area contributed by atoms with Crippen molar-refractivity contribution in [1.29, 1.82) is 0 Å². The third-order valence-electron chi connectivity index (χ3n) is 6.66. The fourth-order valence-electron chi connectivity index (χ4n) is 4.58. The van der Waals surface area contributed by atoms with Crippen molar-refractivity contribution in [3.8, 4) is 22.8 Å². The van der Waals surface area contributed by atoms with Crippen LogP contribution in [0, 0.1) is 26.7 Å². The lowest BCUT2D eigenvalue weighted by Gasteiger charge is -2.10. The molecule has 7 nitrogen and oxygen atoms in total. The van der Waals surface area contributed by atoms with Crippen molar-refractivity contribution in [1.82, 2.24) is 29.5 Å². The van der Waals surface area contributed by atoms with Crippen LogP contribution in [0.2, 0.25) is 0 Å². The summed E-state index contributed by atoms with van der Waals surface area (Å²) in [6.45, 7) is 5.64.